The second-order valence-electron chi connectivity index (χ2n) is 5.53. The second kappa shape index (κ2) is 7.68. The van der Waals surface area contributed by atoms with Crippen molar-refractivity contribution in [3.05, 3.63) is 52.3 Å². The number of aromatic amines is 1. The van der Waals surface area contributed by atoms with Gasteiger partial charge >= 0.3 is 5.97 Å². The molecule has 0 spiro atoms. The number of carbonyl (C=O) groups excluding carboxylic acids is 2. The first kappa shape index (κ1) is 17.6. The Balaban J connectivity index is 1.91. The van der Waals surface area contributed by atoms with E-state index in [0.717, 1.165) is 11.3 Å². The molecular formula is C18H22N2O4. The zero-order valence-corrected chi connectivity index (χ0v) is 14.4. The highest BCUT2D eigenvalue weighted by atomic mass is 16.5. The van der Waals surface area contributed by atoms with Gasteiger partial charge in [0.2, 0.25) is 0 Å². The van der Waals surface area contributed by atoms with Gasteiger partial charge in [-0.2, -0.15) is 0 Å². The van der Waals surface area contributed by atoms with Gasteiger partial charge in [-0.15, -0.1) is 0 Å². The molecule has 0 unspecified atom stereocenters. The molecule has 0 atom stereocenters. The maximum absolute atomic E-state index is 12.2. The third kappa shape index (κ3) is 3.95. The van der Waals surface area contributed by atoms with Crippen LogP contribution in [-0.4, -0.2) is 37.1 Å². The van der Waals surface area contributed by atoms with Gasteiger partial charge in [-0.1, -0.05) is 17.7 Å². The van der Waals surface area contributed by atoms with Crippen molar-refractivity contribution in [3.63, 3.8) is 0 Å². The topological polar surface area (TPSA) is 80.4 Å². The van der Waals surface area contributed by atoms with Crippen LogP contribution in [0.4, 0.5) is 0 Å². The smallest absolute Gasteiger partial charge is 0.339 e. The first-order chi connectivity index (χ1) is 11.4. The predicted octanol–water partition coefficient (Wildman–Crippen LogP) is 2.54. The number of hydrogen-bond donors (Lipinski definition) is 2. The molecule has 1 heterocycles. The van der Waals surface area contributed by atoms with Crippen LogP contribution in [0.3, 0.4) is 0 Å². The highest BCUT2D eigenvalue weighted by molar-refractivity contribution is 6.00. The molecule has 0 saturated heterocycles. The molecule has 128 valence electrons. The van der Waals surface area contributed by atoms with Gasteiger partial charge < -0.3 is 19.8 Å². The number of methoxy groups -OCH3 is 1. The van der Waals surface area contributed by atoms with Gasteiger partial charge in [-0.3, -0.25) is 4.79 Å². The van der Waals surface area contributed by atoms with E-state index in [4.69, 9.17) is 9.47 Å². The van der Waals surface area contributed by atoms with Crippen LogP contribution in [0.2, 0.25) is 0 Å². The van der Waals surface area contributed by atoms with Crippen molar-refractivity contribution in [2.75, 3.05) is 20.3 Å². The molecule has 1 aromatic heterocycles. The van der Waals surface area contributed by atoms with Gasteiger partial charge in [0.1, 0.15) is 18.1 Å². The summed E-state index contributed by atoms with van der Waals surface area (Å²) in [5.74, 6) is 0.0241. The van der Waals surface area contributed by atoms with Crippen molar-refractivity contribution < 1.29 is 19.1 Å². The van der Waals surface area contributed by atoms with Crippen molar-refractivity contribution in [2.45, 2.75) is 20.8 Å². The van der Waals surface area contributed by atoms with Crippen LogP contribution in [0.25, 0.3) is 0 Å². The first-order valence-corrected chi connectivity index (χ1v) is 7.69. The number of aromatic nitrogens is 1. The lowest BCUT2D eigenvalue weighted by Gasteiger charge is -2.08. The minimum atomic E-state index is -0.456. The van der Waals surface area contributed by atoms with E-state index >= 15 is 0 Å². The van der Waals surface area contributed by atoms with Gasteiger partial charge in [0, 0.05) is 5.69 Å². The van der Waals surface area contributed by atoms with E-state index in [2.05, 4.69) is 10.3 Å². The number of ether oxygens (including phenoxy) is 2. The van der Waals surface area contributed by atoms with Gasteiger partial charge in [0.15, 0.2) is 0 Å². The Labute approximate surface area is 141 Å². The van der Waals surface area contributed by atoms with Crippen molar-refractivity contribution in [2.24, 2.45) is 0 Å². The summed E-state index contributed by atoms with van der Waals surface area (Å²) in [5, 5.41) is 2.77. The van der Waals surface area contributed by atoms with E-state index in [-0.39, 0.29) is 5.91 Å². The van der Waals surface area contributed by atoms with Crippen LogP contribution in [-0.2, 0) is 4.74 Å². The molecule has 6 nitrogen and oxygen atoms in total. The Kier molecular flexibility index (Phi) is 5.63. The molecule has 0 saturated carbocycles. The lowest BCUT2D eigenvalue weighted by Crippen LogP contribution is -2.29. The standard InChI is InChI=1S/C18H22N2O4/c1-11-5-7-14(8-6-11)24-10-9-19-17(21)16-12(2)15(13(3)20-16)18(22)23-4/h5-8,20H,9-10H2,1-4H3,(H,19,21). The van der Waals surface area contributed by atoms with Gasteiger partial charge in [0.25, 0.3) is 5.91 Å². The number of rotatable bonds is 6. The molecule has 1 aromatic carbocycles. The molecule has 0 aliphatic carbocycles. The Morgan fingerprint density at radius 3 is 2.42 bits per heavy atom. The number of esters is 1. The maximum atomic E-state index is 12.2. The fraction of sp³-hybridized carbons (Fsp3) is 0.333. The fourth-order valence-electron chi connectivity index (χ4n) is 2.44. The summed E-state index contributed by atoms with van der Waals surface area (Å²) in [5.41, 5.74) is 3.12. The molecule has 2 N–H and O–H groups in total. The van der Waals surface area contributed by atoms with Crippen molar-refractivity contribution in [3.8, 4) is 5.75 Å². The largest absolute Gasteiger partial charge is 0.492 e. The molecule has 0 aliphatic heterocycles. The average molecular weight is 330 g/mol. The highest BCUT2D eigenvalue weighted by Crippen LogP contribution is 2.18. The van der Waals surface area contributed by atoms with Gasteiger partial charge in [-0.25, -0.2) is 4.79 Å². The first-order valence-electron chi connectivity index (χ1n) is 7.69. The third-order valence-corrected chi connectivity index (χ3v) is 3.73. The Morgan fingerprint density at radius 1 is 1.12 bits per heavy atom. The van der Waals surface area contributed by atoms with E-state index in [1.807, 2.05) is 31.2 Å². The molecule has 24 heavy (non-hydrogen) atoms. The summed E-state index contributed by atoms with van der Waals surface area (Å²) in [6.07, 6.45) is 0. The SMILES string of the molecule is COC(=O)c1c(C)[nH]c(C(=O)NCCOc2ccc(C)cc2)c1C. The van der Waals surface area contributed by atoms with Crippen LogP contribution in [0.1, 0.15) is 37.7 Å². The minimum Gasteiger partial charge on any atom is -0.492 e. The number of amides is 1. The van der Waals surface area contributed by atoms with E-state index in [0.29, 0.717) is 35.7 Å². The monoisotopic (exact) mass is 330 g/mol. The molecule has 0 bridgehead atoms. The second-order valence-corrected chi connectivity index (χ2v) is 5.53. The van der Waals surface area contributed by atoms with Crippen molar-refractivity contribution in [1.29, 1.82) is 0 Å². The lowest BCUT2D eigenvalue weighted by atomic mass is 10.1. The predicted molar refractivity (Wildman–Crippen MR) is 90.6 cm³/mol. The third-order valence-electron chi connectivity index (χ3n) is 3.73. The average Bonchev–Trinajstić information content (AvgIpc) is 2.87. The normalized spacial score (nSPS) is 10.3. The zero-order valence-electron chi connectivity index (χ0n) is 14.4. The summed E-state index contributed by atoms with van der Waals surface area (Å²) in [6, 6.07) is 7.71. The molecule has 2 aromatic rings. The molecule has 2 rings (SSSR count). The summed E-state index contributed by atoms with van der Waals surface area (Å²) in [4.78, 5) is 26.9. The lowest BCUT2D eigenvalue weighted by molar-refractivity contribution is 0.0599. The van der Waals surface area contributed by atoms with E-state index in [9.17, 15) is 9.59 Å². The summed E-state index contributed by atoms with van der Waals surface area (Å²) in [7, 11) is 1.32. The fourth-order valence-corrected chi connectivity index (χ4v) is 2.44. The van der Waals surface area contributed by atoms with Gasteiger partial charge in [0.05, 0.1) is 19.2 Å². The summed E-state index contributed by atoms with van der Waals surface area (Å²) < 4.78 is 10.3. The molecule has 6 heteroatoms. The summed E-state index contributed by atoms with van der Waals surface area (Å²) in [6.45, 7) is 6.17. The Morgan fingerprint density at radius 2 is 1.79 bits per heavy atom. The number of aryl methyl sites for hydroxylation is 2. The quantitative estimate of drug-likeness (QED) is 0.630. The maximum Gasteiger partial charge on any atom is 0.339 e. The van der Waals surface area contributed by atoms with Crippen LogP contribution in [0.5, 0.6) is 5.75 Å². The van der Waals surface area contributed by atoms with E-state index in [1.54, 1.807) is 13.8 Å². The summed E-state index contributed by atoms with van der Waals surface area (Å²) >= 11 is 0. The molecule has 0 radical (unpaired) electrons. The van der Waals surface area contributed by atoms with Gasteiger partial charge in [-0.05, 0) is 38.5 Å². The zero-order chi connectivity index (χ0) is 17.7. The van der Waals surface area contributed by atoms with Crippen LogP contribution < -0.4 is 10.1 Å². The number of H-pyrrole nitrogens is 1. The van der Waals surface area contributed by atoms with E-state index in [1.165, 1.54) is 7.11 Å². The number of carbonyl (C=O) groups is 2. The number of nitrogens with one attached hydrogen (secondary N) is 2. The number of benzene rings is 1. The Hall–Kier alpha value is -2.76. The molecule has 0 aliphatic rings. The van der Waals surface area contributed by atoms with E-state index < -0.39 is 5.97 Å². The van der Waals surface area contributed by atoms with Crippen molar-refractivity contribution in [1.82, 2.24) is 10.3 Å². The minimum absolute atomic E-state index is 0.279. The Bertz CT molecular complexity index is 732. The molecule has 1 amide bonds. The van der Waals surface area contributed by atoms with Crippen LogP contribution in [0.15, 0.2) is 24.3 Å². The van der Waals surface area contributed by atoms with Crippen molar-refractivity contribution >= 4 is 11.9 Å². The molecular weight excluding hydrogens is 308 g/mol. The highest BCUT2D eigenvalue weighted by Gasteiger charge is 2.22. The number of hydrogen-bond acceptors (Lipinski definition) is 4. The molecule has 0 fully saturated rings. The van der Waals surface area contributed by atoms with Crippen LogP contribution >= 0.6 is 0 Å². The van der Waals surface area contributed by atoms with Crippen LogP contribution in [0, 0.1) is 20.8 Å².